The maximum atomic E-state index is 13.4. The van der Waals surface area contributed by atoms with E-state index in [-0.39, 0.29) is 17.9 Å². The van der Waals surface area contributed by atoms with E-state index in [0.29, 0.717) is 16.8 Å². The van der Waals surface area contributed by atoms with Crippen LogP contribution in [0, 0.1) is 0 Å². The Labute approximate surface area is 244 Å². The van der Waals surface area contributed by atoms with E-state index in [2.05, 4.69) is 40.3 Å². The van der Waals surface area contributed by atoms with Gasteiger partial charge in [-0.15, -0.1) is 0 Å². The fourth-order valence-electron chi connectivity index (χ4n) is 5.16. The average Bonchev–Trinajstić information content (AvgIpc) is 3.01. The van der Waals surface area contributed by atoms with Gasteiger partial charge in [-0.3, -0.25) is 9.59 Å². The number of nitrogens with zero attached hydrogens (tertiary/aromatic N) is 2. The van der Waals surface area contributed by atoms with E-state index in [4.69, 9.17) is 4.74 Å². The smallest absolute Gasteiger partial charge is 0.255 e. The zero-order chi connectivity index (χ0) is 29.2. The normalized spacial score (nSPS) is 14.0. The minimum absolute atomic E-state index is 0.0480. The first-order chi connectivity index (χ1) is 19.9. The van der Waals surface area contributed by atoms with Gasteiger partial charge in [0.05, 0.1) is 18.4 Å². The number of unbranched alkanes of at least 4 members (excludes halogenated alkanes) is 2. The van der Waals surface area contributed by atoms with Crippen LogP contribution in [0.1, 0.15) is 72.7 Å². The summed E-state index contributed by atoms with van der Waals surface area (Å²) in [5.74, 6) is 0.548. The van der Waals surface area contributed by atoms with Gasteiger partial charge in [-0.05, 0) is 74.2 Å². The minimum Gasteiger partial charge on any atom is -0.495 e. The first-order valence-corrected chi connectivity index (χ1v) is 14.9. The lowest BCUT2D eigenvalue weighted by Crippen LogP contribution is -2.47. The second-order valence-corrected chi connectivity index (χ2v) is 10.8. The number of hydrogen-bond donors (Lipinski definition) is 2. The van der Waals surface area contributed by atoms with E-state index in [0.717, 1.165) is 62.6 Å². The van der Waals surface area contributed by atoms with Gasteiger partial charge in [-0.1, -0.05) is 51.0 Å². The molecule has 41 heavy (non-hydrogen) atoms. The summed E-state index contributed by atoms with van der Waals surface area (Å²) in [4.78, 5) is 31.1. The van der Waals surface area contributed by atoms with Gasteiger partial charge in [0.1, 0.15) is 5.75 Å². The Morgan fingerprint density at radius 3 is 2.20 bits per heavy atom. The zero-order valence-electron chi connectivity index (χ0n) is 24.9. The fourth-order valence-corrected chi connectivity index (χ4v) is 5.16. The lowest BCUT2D eigenvalue weighted by atomic mass is 10.0. The molecule has 1 saturated heterocycles. The molecule has 0 aliphatic carbocycles. The van der Waals surface area contributed by atoms with Gasteiger partial charge in [-0.25, -0.2) is 0 Å². The number of carbonyl (C=O) groups is 2. The highest BCUT2D eigenvalue weighted by molar-refractivity contribution is 6.06. The van der Waals surface area contributed by atoms with E-state index < -0.39 is 0 Å². The summed E-state index contributed by atoms with van der Waals surface area (Å²) in [5, 5.41) is 6.11. The predicted molar refractivity (Wildman–Crippen MR) is 169 cm³/mol. The molecule has 0 saturated carbocycles. The van der Waals surface area contributed by atoms with Gasteiger partial charge >= 0.3 is 0 Å². The van der Waals surface area contributed by atoms with E-state index in [1.807, 2.05) is 61.5 Å². The Balaban J connectivity index is 1.50. The predicted octanol–water partition coefficient (Wildman–Crippen LogP) is 6.54. The number of methoxy groups -OCH3 is 1. The Bertz CT molecular complexity index is 1300. The van der Waals surface area contributed by atoms with Gasteiger partial charge in [0.25, 0.3) is 11.8 Å². The molecule has 7 heteroatoms. The summed E-state index contributed by atoms with van der Waals surface area (Å²) in [6, 6.07) is 21.6. The van der Waals surface area contributed by atoms with Crippen molar-refractivity contribution in [3.05, 3.63) is 83.4 Å². The molecule has 2 amide bonds. The first-order valence-electron chi connectivity index (χ1n) is 14.9. The zero-order valence-corrected chi connectivity index (χ0v) is 24.9. The second-order valence-electron chi connectivity index (χ2n) is 10.8. The molecule has 0 bridgehead atoms. The highest BCUT2D eigenvalue weighted by Gasteiger charge is 2.24. The Hall–Kier alpha value is -4.00. The summed E-state index contributed by atoms with van der Waals surface area (Å²) in [5.41, 5.74) is 4.98. The van der Waals surface area contributed by atoms with Gasteiger partial charge in [-0.2, -0.15) is 0 Å². The Kier molecular flexibility index (Phi) is 10.7. The van der Waals surface area contributed by atoms with Crippen LogP contribution in [0.15, 0.2) is 66.7 Å². The highest BCUT2D eigenvalue weighted by atomic mass is 16.5. The number of para-hydroxylation sites is 2. The number of rotatable bonds is 12. The van der Waals surface area contributed by atoms with Crippen LogP contribution < -0.4 is 25.2 Å². The van der Waals surface area contributed by atoms with Crippen LogP contribution in [0.2, 0.25) is 0 Å². The number of piperazine rings is 1. The molecule has 0 radical (unpaired) electrons. The van der Waals surface area contributed by atoms with Crippen molar-refractivity contribution in [2.45, 2.75) is 58.9 Å². The van der Waals surface area contributed by atoms with Gasteiger partial charge < -0.3 is 25.2 Å². The summed E-state index contributed by atoms with van der Waals surface area (Å²) in [7, 11) is 1.70. The van der Waals surface area contributed by atoms with Crippen LogP contribution in [0.5, 0.6) is 5.75 Å². The standard InChI is InChI=1S/C34H44N4O3/c1-5-7-8-11-26-14-16-27(17-15-26)33(39)36-28-18-19-30(29(24-28)34(40)35-25(3)6-2)37-20-22-38(23-21-37)31-12-9-10-13-32(31)41-4/h9-10,12-19,24-25H,5-8,11,20-23H2,1-4H3,(H,35,40)(H,36,39)/t25-/m0/s1. The molecule has 0 spiro atoms. The van der Waals surface area contributed by atoms with E-state index >= 15 is 0 Å². The summed E-state index contributed by atoms with van der Waals surface area (Å²) >= 11 is 0. The summed E-state index contributed by atoms with van der Waals surface area (Å²) < 4.78 is 5.57. The third-order valence-electron chi connectivity index (χ3n) is 7.82. The van der Waals surface area contributed by atoms with Gasteiger partial charge in [0.15, 0.2) is 0 Å². The molecule has 1 atom stereocenters. The molecule has 1 aliphatic heterocycles. The second kappa shape index (κ2) is 14.6. The number of amides is 2. The third kappa shape index (κ3) is 7.81. The molecule has 1 fully saturated rings. The molecule has 7 nitrogen and oxygen atoms in total. The van der Waals surface area contributed by atoms with Crippen molar-refractivity contribution in [2.24, 2.45) is 0 Å². The van der Waals surface area contributed by atoms with Crippen molar-refractivity contribution >= 4 is 28.9 Å². The number of nitrogens with one attached hydrogen (secondary N) is 2. The molecular formula is C34H44N4O3. The lowest BCUT2D eigenvalue weighted by molar-refractivity contribution is 0.0938. The topological polar surface area (TPSA) is 73.9 Å². The number of benzene rings is 3. The van der Waals surface area contributed by atoms with Gasteiger partial charge in [0.2, 0.25) is 0 Å². The number of anilines is 3. The van der Waals surface area contributed by atoms with Crippen LogP contribution in [-0.4, -0.2) is 51.1 Å². The molecule has 2 N–H and O–H groups in total. The molecule has 218 valence electrons. The van der Waals surface area contributed by atoms with Crippen molar-refractivity contribution < 1.29 is 14.3 Å². The molecule has 1 aliphatic rings. The van der Waals surface area contributed by atoms with E-state index in [9.17, 15) is 9.59 Å². The molecule has 0 aromatic heterocycles. The average molecular weight is 557 g/mol. The van der Waals surface area contributed by atoms with Gasteiger partial charge in [0, 0.05) is 49.2 Å². The fraction of sp³-hybridized carbons (Fsp3) is 0.412. The molecule has 3 aromatic rings. The van der Waals surface area contributed by atoms with Crippen molar-refractivity contribution in [3.63, 3.8) is 0 Å². The van der Waals surface area contributed by atoms with Crippen LogP contribution >= 0.6 is 0 Å². The van der Waals surface area contributed by atoms with Crippen molar-refractivity contribution in [3.8, 4) is 5.75 Å². The van der Waals surface area contributed by atoms with Crippen LogP contribution in [0.3, 0.4) is 0 Å². The van der Waals surface area contributed by atoms with E-state index in [1.165, 1.54) is 18.4 Å². The molecular weight excluding hydrogens is 512 g/mol. The SMILES string of the molecule is CCCCCc1ccc(C(=O)Nc2ccc(N3CCN(c4ccccc4OC)CC3)c(C(=O)N[C@@H](C)CC)c2)cc1. The number of carbonyl (C=O) groups excluding carboxylic acids is 2. The van der Waals surface area contributed by atoms with Crippen molar-refractivity contribution in [1.29, 1.82) is 0 Å². The maximum absolute atomic E-state index is 13.4. The van der Waals surface area contributed by atoms with Crippen LogP contribution in [0.25, 0.3) is 0 Å². The molecule has 3 aromatic carbocycles. The van der Waals surface area contributed by atoms with Crippen LogP contribution in [-0.2, 0) is 6.42 Å². The summed E-state index contributed by atoms with van der Waals surface area (Å²) in [6.07, 6.45) is 5.42. The number of aryl methyl sites for hydroxylation is 1. The Morgan fingerprint density at radius 1 is 0.854 bits per heavy atom. The molecule has 4 rings (SSSR count). The van der Waals surface area contributed by atoms with Crippen molar-refractivity contribution in [2.75, 3.05) is 48.4 Å². The number of ether oxygens (including phenoxy) is 1. The van der Waals surface area contributed by atoms with Crippen LogP contribution in [0.4, 0.5) is 17.1 Å². The molecule has 1 heterocycles. The van der Waals surface area contributed by atoms with E-state index in [1.54, 1.807) is 13.2 Å². The Morgan fingerprint density at radius 2 is 1.54 bits per heavy atom. The minimum atomic E-state index is -0.184. The third-order valence-corrected chi connectivity index (χ3v) is 7.82. The summed E-state index contributed by atoms with van der Waals surface area (Å²) in [6.45, 7) is 9.38. The highest BCUT2D eigenvalue weighted by Crippen LogP contribution is 2.31. The molecule has 0 unspecified atom stereocenters. The quantitative estimate of drug-likeness (QED) is 0.248. The lowest BCUT2D eigenvalue weighted by Gasteiger charge is -2.38. The maximum Gasteiger partial charge on any atom is 0.255 e. The largest absolute Gasteiger partial charge is 0.495 e. The van der Waals surface area contributed by atoms with Crippen molar-refractivity contribution in [1.82, 2.24) is 5.32 Å². The first kappa shape index (κ1) is 30.0. The monoisotopic (exact) mass is 556 g/mol. The number of hydrogen-bond acceptors (Lipinski definition) is 5.